The number of rotatable bonds is 5. The Bertz CT molecular complexity index is 1770. The van der Waals surface area contributed by atoms with Crippen molar-refractivity contribution in [3.8, 4) is 33.9 Å². The minimum atomic E-state index is -0.461. The summed E-state index contributed by atoms with van der Waals surface area (Å²) < 4.78 is 15.2. The lowest BCUT2D eigenvalue weighted by Gasteiger charge is -2.09. The third-order valence-corrected chi connectivity index (χ3v) is 6.05. The van der Waals surface area contributed by atoms with E-state index < -0.39 is 5.82 Å². The van der Waals surface area contributed by atoms with Gasteiger partial charge < -0.3 is 10.3 Å². The summed E-state index contributed by atoms with van der Waals surface area (Å²) in [5.74, 6) is -0.282. The number of aromatic amines is 2. The number of carbonyl (C=O) groups is 1. The van der Waals surface area contributed by atoms with E-state index in [2.05, 4.69) is 35.5 Å². The lowest BCUT2D eigenvalue weighted by Crippen LogP contribution is -2.17. The highest BCUT2D eigenvalue weighted by molar-refractivity contribution is 5.98. The van der Waals surface area contributed by atoms with Crippen LogP contribution in [0.15, 0.2) is 67.4 Å². The molecule has 1 amide bonds. The number of amides is 1. The number of pyridine rings is 3. The molecular weight excluding hydrogens is 471 g/mol. The van der Waals surface area contributed by atoms with E-state index in [1.54, 1.807) is 37.1 Å². The minimum Gasteiger partial charge on any atom is -0.336 e. The number of anilines is 1. The van der Waals surface area contributed by atoms with Gasteiger partial charge in [-0.15, -0.1) is 0 Å². The van der Waals surface area contributed by atoms with Gasteiger partial charge in [0.2, 0.25) is 5.91 Å². The summed E-state index contributed by atoms with van der Waals surface area (Å²) >= 11 is 0. The molecule has 9 nitrogen and oxygen atoms in total. The van der Waals surface area contributed by atoms with Gasteiger partial charge in [-0.25, -0.2) is 9.37 Å². The van der Waals surface area contributed by atoms with Crippen LogP contribution in [0.1, 0.15) is 13.8 Å². The monoisotopic (exact) mass is 492 g/mol. The Kier molecular flexibility index (Phi) is 5.41. The smallest absolute Gasteiger partial charge is 0.226 e. The van der Waals surface area contributed by atoms with E-state index in [0.29, 0.717) is 44.9 Å². The lowest BCUT2D eigenvalue weighted by atomic mass is 10.0. The maximum Gasteiger partial charge on any atom is 0.226 e. The topological polar surface area (TPSA) is 125 Å². The third-order valence-electron chi connectivity index (χ3n) is 6.05. The summed E-state index contributed by atoms with van der Waals surface area (Å²) in [6, 6.07) is 10.6. The second kappa shape index (κ2) is 8.90. The number of halogens is 1. The standard InChI is InChI=1S/C27H21FN8O/c1-14(2)27(37)32-18-8-17(12-30-13-18)16-9-19-23(20(28)10-16)35-36-24(19)26-33-21-5-7-31-22(25(21)34-26)15-4-3-6-29-11-15/h3-14H,1-2H3,(H,32,37)(H,33,34)(H,35,36). The fourth-order valence-electron chi connectivity index (χ4n) is 4.14. The summed E-state index contributed by atoms with van der Waals surface area (Å²) in [6.45, 7) is 3.62. The number of nitrogens with one attached hydrogen (secondary N) is 3. The maximum atomic E-state index is 15.2. The molecule has 0 unspecified atom stereocenters. The summed E-state index contributed by atoms with van der Waals surface area (Å²) in [5.41, 5.74) is 5.48. The lowest BCUT2D eigenvalue weighted by molar-refractivity contribution is -0.118. The number of benzene rings is 1. The van der Waals surface area contributed by atoms with Crippen molar-refractivity contribution < 1.29 is 9.18 Å². The van der Waals surface area contributed by atoms with E-state index >= 15 is 4.39 Å². The highest BCUT2D eigenvalue weighted by Gasteiger charge is 2.19. The molecule has 0 saturated carbocycles. The number of hydrogen-bond donors (Lipinski definition) is 3. The Morgan fingerprint density at radius 1 is 0.973 bits per heavy atom. The summed E-state index contributed by atoms with van der Waals surface area (Å²) in [5, 5.41) is 10.5. The molecule has 10 heteroatoms. The largest absolute Gasteiger partial charge is 0.336 e. The number of hydrogen-bond acceptors (Lipinski definition) is 6. The molecule has 0 aliphatic rings. The van der Waals surface area contributed by atoms with Crippen LogP contribution < -0.4 is 5.32 Å². The van der Waals surface area contributed by atoms with Gasteiger partial charge in [0.05, 0.1) is 23.1 Å². The molecule has 3 N–H and O–H groups in total. The van der Waals surface area contributed by atoms with Gasteiger partial charge in [-0.1, -0.05) is 13.8 Å². The number of imidazole rings is 1. The van der Waals surface area contributed by atoms with Crippen molar-refractivity contribution in [1.82, 2.24) is 35.1 Å². The second-order valence-electron chi connectivity index (χ2n) is 8.94. The van der Waals surface area contributed by atoms with Crippen LogP contribution in [0.3, 0.4) is 0 Å². The van der Waals surface area contributed by atoms with Gasteiger partial charge in [-0.3, -0.25) is 24.8 Å². The van der Waals surface area contributed by atoms with Crippen LogP contribution >= 0.6 is 0 Å². The first-order chi connectivity index (χ1) is 18.0. The fraction of sp³-hybridized carbons (Fsp3) is 0.111. The van der Waals surface area contributed by atoms with Crippen molar-refractivity contribution in [3.63, 3.8) is 0 Å². The molecule has 0 spiro atoms. The predicted octanol–water partition coefficient (Wildman–Crippen LogP) is 5.36. The highest BCUT2D eigenvalue weighted by Crippen LogP contribution is 2.34. The average molecular weight is 493 g/mol. The first kappa shape index (κ1) is 22.5. The summed E-state index contributed by atoms with van der Waals surface area (Å²) in [6.07, 6.45) is 8.31. The molecule has 5 aromatic heterocycles. The maximum absolute atomic E-state index is 15.2. The molecule has 1 aromatic carbocycles. The Morgan fingerprint density at radius 3 is 2.65 bits per heavy atom. The third kappa shape index (κ3) is 4.08. The summed E-state index contributed by atoms with van der Waals surface area (Å²) in [7, 11) is 0. The Balaban J connectivity index is 1.45. The van der Waals surface area contributed by atoms with Crippen molar-refractivity contribution in [2.24, 2.45) is 5.92 Å². The Morgan fingerprint density at radius 2 is 1.84 bits per heavy atom. The molecule has 0 saturated heterocycles. The van der Waals surface area contributed by atoms with Crippen molar-refractivity contribution in [1.29, 1.82) is 0 Å². The van der Waals surface area contributed by atoms with Crippen molar-refractivity contribution in [2.75, 3.05) is 5.32 Å². The number of aromatic nitrogens is 7. The van der Waals surface area contributed by atoms with Crippen molar-refractivity contribution in [3.05, 3.63) is 73.2 Å². The van der Waals surface area contributed by atoms with Gasteiger partial charge >= 0.3 is 0 Å². The molecule has 5 heterocycles. The molecule has 6 rings (SSSR count). The van der Waals surface area contributed by atoms with E-state index in [0.717, 1.165) is 11.1 Å². The number of nitrogens with zero attached hydrogens (tertiary/aromatic N) is 5. The van der Waals surface area contributed by atoms with Crippen LogP contribution in [-0.2, 0) is 4.79 Å². The fourth-order valence-corrected chi connectivity index (χ4v) is 4.14. The van der Waals surface area contributed by atoms with Gasteiger partial charge in [0.15, 0.2) is 5.82 Å². The molecule has 0 aliphatic heterocycles. The molecule has 0 atom stereocenters. The van der Waals surface area contributed by atoms with Crippen LogP contribution in [0.4, 0.5) is 10.1 Å². The van der Waals surface area contributed by atoms with Crippen LogP contribution in [-0.4, -0.2) is 41.0 Å². The van der Waals surface area contributed by atoms with Gasteiger partial charge in [0.1, 0.15) is 22.5 Å². The molecule has 6 aromatic rings. The number of H-pyrrole nitrogens is 2. The van der Waals surface area contributed by atoms with Crippen LogP contribution in [0, 0.1) is 11.7 Å². The van der Waals surface area contributed by atoms with Crippen LogP contribution in [0.25, 0.3) is 55.8 Å². The van der Waals surface area contributed by atoms with Gasteiger partial charge in [-0.2, -0.15) is 5.10 Å². The molecular formula is C27H21FN8O. The zero-order valence-corrected chi connectivity index (χ0v) is 20.0. The zero-order chi connectivity index (χ0) is 25.5. The van der Waals surface area contributed by atoms with Gasteiger partial charge in [0.25, 0.3) is 0 Å². The Hall–Kier alpha value is -4.99. The van der Waals surface area contributed by atoms with E-state index in [-0.39, 0.29) is 17.3 Å². The van der Waals surface area contributed by atoms with Crippen molar-refractivity contribution in [2.45, 2.75) is 13.8 Å². The molecule has 0 radical (unpaired) electrons. The molecule has 0 aliphatic carbocycles. The van der Waals surface area contributed by atoms with Gasteiger partial charge in [0, 0.05) is 47.2 Å². The molecule has 0 fully saturated rings. The first-order valence-corrected chi connectivity index (χ1v) is 11.7. The number of fused-ring (bicyclic) bond motifs is 2. The zero-order valence-electron chi connectivity index (χ0n) is 20.0. The quantitative estimate of drug-likeness (QED) is 0.298. The minimum absolute atomic E-state index is 0.122. The average Bonchev–Trinajstić information content (AvgIpc) is 3.53. The molecule has 182 valence electrons. The second-order valence-corrected chi connectivity index (χ2v) is 8.94. The normalized spacial score (nSPS) is 11.5. The van der Waals surface area contributed by atoms with Gasteiger partial charge in [-0.05, 0) is 42.0 Å². The summed E-state index contributed by atoms with van der Waals surface area (Å²) in [4.78, 5) is 33.1. The predicted molar refractivity (Wildman–Crippen MR) is 139 cm³/mol. The molecule has 0 bridgehead atoms. The molecule has 37 heavy (non-hydrogen) atoms. The van der Waals surface area contributed by atoms with E-state index in [4.69, 9.17) is 4.98 Å². The Labute approximate surface area is 210 Å². The van der Waals surface area contributed by atoms with Crippen LogP contribution in [0.2, 0.25) is 0 Å². The highest BCUT2D eigenvalue weighted by atomic mass is 19.1. The van der Waals surface area contributed by atoms with Crippen LogP contribution in [0.5, 0.6) is 0 Å². The van der Waals surface area contributed by atoms with E-state index in [1.807, 2.05) is 38.1 Å². The SMILES string of the molecule is CC(C)C(=O)Nc1cncc(-c2cc(F)c3[nH]nc(-c4nc5c(-c6cccnc6)nccc5[nH]4)c3c2)c1. The number of carbonyl (C=O) groups excluding carboxylic acids is 1. The van der Waals surface area contributed by atoms with E-state index in [1.165, 1.54) is 6.07 Å². The van der Waals surface area contributed by atoms with E-state index in [9.17, 15) is 4.79 Å². The first-order valence-electron chi connectivity index (χ1n) is 11.7. The van der Waals surface area contributed by atoms with Crippen molar-refractivity contribution >= 4 is 33.5 Å².